The Labute approximate surface area is 121 Å². The van der Waals surface area contributed by atoms with E-state index < -0.39 is 0 Å². The van der Waals surface area contributed by atoms with Crippen LogP contribution in [0.25, 0.3) is 0 Å². The molecule has 0 aromatic carbocycles. The summed E-state index contributed by atoms with van der Waals surface area (Å²) >= 11 is 8.35. The molecule has 18 heavy (non-hydrogen) atoms. The Bertz CT molecular complexity index is 225. The zero-order valence-electron chi connectivity index (χ0n) is 11.5. The number of nitrogens with zero attached hydrogens (tertiary/aromatic N) is 1. The van der Waals surface area contributed by atoms with E-state index in [2.05, 4.69) is 30.2 Å². The van der Waals surface area contributed by atoms with E-state index in [4.69, 9.17) is 9.47 Å². The molecule has 0 aliphatic heterocycles. The van der Waals surface area contributed by atoms with Gasteiger partial charge in [-0.1, -0.05) is 0 Å². The van der Waals surface area contributed by atoms with Crippen molar-refractivity contribution in [3.05, 3.63) is 0 Å². The molecule has 6 heteroatoms. The van der Waals surface area contributed by atoms with Crippen LogP contribution in [0.5, 0.6) is 0 Å². The number of Topliss-reactive ketones (excluding diaryl/α,β-unsaturated/α-hetero) is 1. The highest BCUT2D eigenvalue weighted by Gasteiger charge is 2.07. The van der Waals surface area contributed by atoms with Gasteiger partial charge in [0, 0.05) is 18.5 Å². The van der Waals surface area contributed by atoms with Crippen LogP contribution in [0, 0.1) is 0 Å². The molecule has 0 aliphatic rings. The van der Waals surface area contributed by atoms with Crippen LogP contribution in [0.4, 0.5) is 0 Å². The van der Waals surface area contributed by atoms with Gasteiger partial charge in [-0.3, -0.25) is 9.69 Å². The van der Waals surface area contributed by atoms with Crippen LogP contribution in [0.3, 0.4) is 0 Å². The minimum absolute atomic E-state index is 0.00252. The molecule has 0 spiro atoms. The fourth-order valence-electron chi connectivity index (χ4n) is 1.12. The number of carbonyl (C=O) groups is 1. The second-order valence-electron chi connectivity index (χ2n) is 4.27. The lowest BCUT2D eigenvalue weighted by atomic mass is 10.3. The average molecular weight is 295 g/mol. The first-order chi connectivity index (χ1) is 8.45. The predicted molar refractivity (Wildman–Crippen MR) is 80.8 cm³/mol. The van der Waals surface area contributed by atoms with Gasteiger partial charge >= 0.3 is 0 Å². The lowest BCUT2D eigenvalue weighted by molar-refractivity contribution is -0.123. The molecular weight excluding hydrogens is 270 g/mol. The van der Waals surface area contributed by atoms with E-state index >= 15 is 0 Å². The molecule has 2 unspecified atom stereocenters. The first-order valence-electron chi connectivity index (χ1n) is 6.19. The molecule has 0 amide bonds. The molecular formula is C12H25NO3S2. The quantitative estimate of drug-likeness (QED) is 0.344. The van der Waals surface area contributed by atoms with E-state index in [9.17, 15) is 4.79 Å². The summed E-state index contributed by atoms with van der Waals surface area (Å²) in [6, 6.07) is 0. The zero-order valence-corrected chi connectivity index (χ0v) is 13.3. The summed E-state index contributed by atoms with van der Waals surface area (Å²) < 4.78 is 10.6. The summed E-state index contributed by atoms with van der Waals surface area (Å²) in [6.45, 7) is 6.53. The maximum atomic E-state index is 11.2. The lowest BCUT2D eigenvalue weighted by Crippen LogP contribution is -2.26. The van der Waals surface area contributed by atoms with Crippen LogP contribution in [-0.4, -0.2) is 61.3 Å². The molecule has 2 atom stereocenters. The number of ketones is 1. The summed E-state index contributed by atoms with van der Waals surface area (Å²) in [4.78, 5) is 13.3. The molecule has 0 aromatic heterocycles. The van der Waals surface area contributed by atoms with Crippen molar-refractivity contribution in [2.75, 3.05) is 40.0 Å². The zero-order chi connectivity index (χ0) is 14.0. The Morgan fingerprint density at radius 1 is 1.17 bits per heavy atom. The normalized spacial score (nSPS) is 14.8. The second-order valence-corrected chi connectivity index (χ2v) is 5.80. The third-order valence-electron chi connectivity index (χ3n) is 2.52. The van der Waals surface area contributed by atoms with E-state index in [-0.39, 0.29) is 23.0 Å². The van der Waals surface area contributed by atoms with Crippen molar-refractivity contribution in [1.82, 2.24) is 4.90 Å². The van der Waals surface area contributed by atoms with Crippen molar-refractivity contribution >= 4 is 31.0 Å². The van der Waals surface area contributed by atoms with Gasteiger partial charge in [-0.05, 0) is 27.3 Å². The van der Waals surface area contributed by atoms with Gasteiger partial charge in [-0.25, -0.2) is 0 Å². The molecule has 0 aliphatic carbocycles. The highest BCUT2D eigenvalue weighted by Crippen LogP contribution is 2.00. The summed E-state index contributed by atoms with van der Waals surface area (Å²) in [6.07, 6.45) is 0.966. The molecule has 0 fully saturated rings. The minimum Gasteiger partial charge on any atom is -0.379 e. The van der Waals surface area contributed by atoms with Crippen LogP contribution < -0.4 is 0 Å². The third-order valence-corrected chi connectivity index (χ3v) is 3.20. The minimum atomic E-state index is -0.260. The number of hydrogen-bond acceptors (Lipinski definition) is 6. The Hall–Kier alpha value is 0.250. The summed E-state index contributed by atoms with van der Waals surface area (Å²) in [5.74, 6) is 0.00252. The van der Waals surface area contributed by atoms with Gasteiger partial charge in [0.05, 0.1) is 18.5 Å². The van der Waals surface area contributed by atoms with Crippen LogP contribution in [0.15, 0.2) is 0 Å². The van der Waals surface area contributed by atoms with E-state index in [0.717, 1.165) is 13.0 Å². The highest BCUT2D eigenvalue weighted by atomic mass is 32.1. The second kappa shape index (κ2) is 11.1. The molecule has 0 bridgehead atoms. The molecule has 0 heterocycles. The van der Waals surface area contributed by atoms with Gasteiger partial charge in [0.25, 0.3) is 0 Å². The fraction of sp³-hybridized carbons (Fsp3) is 0.917. The fourth-order valence-corrected chi connectivity index (χ4v) is 1.31. The van der Waals surface area contributed by atoms with Crippen molar-refractivity contribution in [3.63, 3.8) is 0 Å². The molecule has 0 aromatic rings. The topological polar surface area (TPSA) is 38.8 Å². The van der Waals surface area contributed by atoms with Crippen LogP contribution in [0.2, 0.25) is 0 Å². The number of ether oxygens (including phenoxy) is 2. The smallest absolute Gasteiger partial charge is 0.170 e. The number of hydrogen-bond donors (Lipinski definition) is 2. The highest BCUT2D eigenvalue weighted by molar-refractivity contribution is 7.81. The van der Waals surface area contributed by atoms with Crippen LogP contribution >= 0.6 is 25.3 Å². The first kappa shape index (κ1) is 18.2. The molecule has 108 valence electrons. The Kier molecular flexibility index (Phi) is 11.3. The Balaban J connectivity index is 3.24. The van der Waals surface area contributed by atoms with Crippen LogP contribution in [-0.2, 0) is 14.3 Å². The van der Waals surface area contributed by atoms with Crippen LogP contribution in [0.1, 0.15) is 20.3 Å². The molecule has 0 saturated carbocycles. The number of thiol groups is 2. The molecule has 0 N–H and O–H groups in total. The van der Waals surface area contributed by atoms with E-state index in [1.54, 1.807) is 6.92 Å². The number of carbonyl (C=O) groups excluding carboxylic acids is 1. The van der Waals surface area contributed by atoms with Crippen molar-refractivity contribution < 1.29 is 14.3 Å². The van der Waals surface area contributed by atoms with Crippen molar-refractivity contribution in [2.45, 2.75) is 30.9 Å². The summed E-state index contributed by atoms with van der Waals surface area (Å²) in [5, 5.41) is 0.00671. The first-order valence-corrected chi connectivity index (χ1v) is 7.23. The van der Waals surface area contributed by atoms with Crippen molar-refractivity contribution in [2.24, 2.45) is 0 Å². The molecule has 4 nitrogen and oxygen atoms in total. The maximum Gasteiger partial charge on any atom is 0.170 e. The van der Waals surface area contributed by atoms with Gasteiger partial charge in [-0.15, -0.1) is 0 Å². The van der Waals surface area contributed by atoms with E-state index in [1.165, 1.54) is 0 Å². The molecule has 0 rings (SSSR count). The standard InChI is InChI=1S/C12H25NO3S2/c1-10(17)12(14)9-16-8-7-15-6-4-5-13(3)11(2)18/h10-11,17-18H,4-9H2,1-3H3. The van der Waals surface area contributed by atoms with Gasteiger partial charge in [0.15, 0.2) is 5.78 Å². The van der Waals surface area contributed by atoms with Gasteiger partial charge in [0.2, 0.25) is 0 Å². The van der Waals surface area contributed by atoms with E-state index in [0.29, 0.717) is 19.8 Å². The summed E-state index contributed by atoms with van der Waals surface area (Å²) in [5.41, 5.74) is 0. The van der Waals surface area contributed by atoms with Crippen molar-refractivity contribution in [3.8, 4) is 0 Å². The average Bonchev–Trinajstić information content (AvgIpc) is 2.31. The SMILES string of the molecule is CC(S)C(=O)COCCOCCCN(C)C(C)S. The Morgan fingerprint density at radius 3 is 2.33 bits per heavy atom. The molecule has 0 radical (unpaired) electrons. The van der Waals surface area contributed by atoms with Gasteiger partial charge < -0.3 is 9.47 Å². The number of rotatable bonds is 11. The monoisotopic (exact) mass is 295 g/mol. The van der Waals surface area contributed by atoms with Crippen molar-refractivity contribution in [1.29, 1.82) is 0 Å². The largest absolute Gasteiger partial charge is 0.379 e. The summed E-state index contributed by atoms with van der Waals surface area (Å²) in [7, 11) is 2.03. The Morgan fingerprint density at radius 2 is 1.78 bits per heavy atom. The molecule has 0 saturated heterocycles. The van der Waals surface area contributed by atoms with E-state index in [1.807, 2.05) is 14.0 Å². The maximum absolute atomic E-state index is 11.2. The lowest BCUT2D eigenvalue weighted by Gasteiger charge is -2.19. The predicted octanol–water partition coefficient (Wildman–Crippen LogP) is 1.50. The third kappa shape index (κ3) is 10.2. The van der Waals surface area contributed by atoms with Gasteiger partial charge in [-0.2, -0.15) is 25.3 Å². The van der Waals surface area contributed by atoms with Gasteiger partial charge in [0.1, 0.15) is 6.61 Å².